The Kier molecular flexibility index (Phi) is 5.67. The molecule has 2 aromatic rings. The van der Waals surface area contributed by atoms with Crippen molar-refractivity contribution in [2.24, 2.45) is 0 Å². The summed E-state index contributed by atoms with van der Waals surface area (Å²) in [5.41, 5.74) is 1.87. The molecule has 0 radical (unpaired) electrons. The highest BCUT2D eigenvalue weighted by Gasteiger charge is 2.16. The van der Waals surface area contributed by atoms with Crippen LogP contribution in [-0.4, -0.2) is 39.8 Å². The quantitative estimate of drug-likeness (QED) is 0.738. The number of amides is 1. The highest BCUT2D eigenvalue weighted by molar-refractivity contribution is 9.10. The lowest BCUT2D eigenvalue weighted by Gasteiger charge is -2.26. The predicted molar refractivity (Wildman–Crippen MR) is 96.3 cm³/mol. The van der Waals surface area contributed by atoms with E-state index in [0.717, 1.165) is 46.7 Å². The number of benzene rings is 1. The van der Waals surface area contributed by atoms with Gasteiger partial charge >= 0.3 is 0 Å². The number of hydrogen-bond acceptors (Lipinski definition) is 4. The maximum Gasteiger partial charge on any atom is 0.232 e. The van der Waals surface area contributed by atoms with Crippen LogP contribution in [0.25, 0.3) is 11.3 Å². The Bertz CT molecular complexity index is 655. The van der Waals surface area contributed by atoms with Crippen molar-refractivity contribution in [3.05, 3.63) is 40.9 Å². The molecule has 2 heterocycles. The third-order valence-electron chi connectivity index (χ3n) is 3.83. The van der Waals surface area contributed by atoms with Crippen molar-refractivity contribution in [2.45, 2.75) is 24.3 Å². The molecule has 1 aliphatic heterocycles. The van der Waals surface area contributed by atoms with E-state index < -0.39 is 0 Å². The van der Waals surface area contributed by atoms with E-state index in [1.165, 1.54) is 18.2 Å². The standard InChI is InChI=1S/C17H18BrN3OS/c18-14-6-4-13(5-7-14)15-8-9-16(20-19-15)23-12-17(22)21-10-2-1-3-11-21/h4-9H,1-3,10-12H2. The Labute approximate surface area is 148 Å². The zero-order valence-electron chi connectivity index (χ0n) is 12.7. The molecular weight excluding hydrogens is 374 g/mol. The summed E-state index contributed by atoms with van der Waals surface area (Å²) in [4.78, 5) is 14.1. The highest BCUT2D eigenvalue weighted by Crippen LogP contribution is 2.22. The van der Waals surface area contributed by atoms with Crippen LogP contribution < -0.4 is 0 Å². The van der Waals surface area contributed by atoms with Gasteiger partial charge in [-0.1, -0.05) is 39.8 Å². The van der Waals surface area contributed by atoms with Crippen LogP contribution in [0.4, 0.5) is 0 Å². The topological polar surface area (TPSA) is 46.1 Å². The molecule has 120 valence electrons. The molecule has 1 aromatic heterocycles. The largest absolute Gasteiger partial charge is 0.342 e. The maximum absolute atomic E-state index is 12.1. The van der Waals surface area contributed by atoms with E-state index >= 15 is 0 Å². The number of carbonyl (C=O) groups excluding carboxylic acids is 1. The van der Waals surface area contributed by atoms with Crippen molar-refractivity contribution in [1.82, 2.24) is 15.1 Å². The SMILES string of the molecule is O=C(CSc1ccc(-c2ccc(Br)cc2)nn1)N1CCCCC1. The molecule has 1 saturated heterocycles. The van der Waals surface area contributed by atoms with E-state index in [-0.39, 0.29) is 5.91 Å². The fourth-order valence-corrected chi connectivity index (χ4v) is 3.52. The Balaban J connectivity index is 1.57. The Hall–Kier alpha value is -1.40. The maximum atomic E-state index is 12.1. The summed E-state index contributed by atoms with van der Waals surface area (Å²) < 4.78 is 1.04. The lowest BCUT2D eigenvalue weighted by atomic mass is 10.1. The van der Waals surface area contributed by atoms with Crippen LogP contribution in [0.1, 0.15) is 19.3 Å². The molecule has 0 bridgehead atoms. The number of aromatic nitrogens is 2. The van der Waals surface area contributed by atoms with Crippen LogP contribution in [0.15, 0.2) is 45.9 Å². The van der Waals surface area contributed by atoms with Gasteiger partial charge in [-0.25, -0.2) is 0 Å². The van der Waals surface area contributed by atoms with Gasteiger partial charge in [0.05, 0.1) is 11.4 Å². The number of thioether (sulfide) groups is 1. The molecule has 0 atom stereocenters. The number of carbonyl (C=O) groups is 1. The van der Waals surface area contributed by atoms with Crippen molar-refractivity contribution >= 4 is 33.6 Å². The van der Waals surface area contributed by atoms with Crippen LogP contribution in [0, 0.1) is 0 Å². The molecule has 1 aliphatic rings. The molecule has 0 N–H and O–H groups in total. The van der Waals surface area contributed by atoms with Crippen LogP contribution in [0.5, 0.6) is 0 Å². The van der Waals surface area contributed by atoms with Gasteiger partial charge in [0.1, 0.15) is 5.03 Å². The second kappa shape index (κ2) is 7.93. The number of piperidine rings is 1. The zero-order valence-corrected chi connectivity index (χ0v) is 15.1. The summed E-state index contributed by atoms with van der Waals surface area (Å²) in [7, 11) is 0. The van der Waals surface area contributed by atoms with Crippen LogP contribution in [0.2, 0.25) is 0 Å². The van der Waals surface area contributed by atoms with Crippen molar-refractivity contribution in [1.29, 1.82) is 0 Å². The first-order valence-corrected chi connectivity index (χ1v) is 9.50. The number of halogens is 1. The normalized spacial score (nSPS) is 14.7. The van der Waals surface area contributed by atoms with Crippen molar-refractivity contribution < 1.29 is 4.79 Å². The van der Waals surface area contributed by atoms with Gasteiger partial charge in [0.25, 0.3) is 0 Å². The molecule has 6 heteroatoms. The number of nitrogens with zero attached hydrogens (tertiary/aromatic N) is 3. The van der Waals surface area contributed by atoms with E-state index in [0.29, 0.717) is 5.75 Å². The van der Waals surface area contributed by atoms with Gasteiger partial charge in [0.15, 0.2) is 0 Å². The van der Waals surface area contributed by atoms with Crippen molar-refractivity contribution in [3.63, 3.8) is 0 Å². The van der Waals surface area contributed by atoms with Crippen molar-refractivity contribution in [2.75, 3.05) is 18.8 Å². The second-order valence-corrected chi connectivity index (χ2v) is 7.41. The van der Waals surface area contributed by atoms with E-state index in [1.54, 1.807) is 0 Å². The van der Waals surface area contributed by atoms with Gasteiger partial charge in [0, 0.05) is 23.1 Å². The summed E-state index contributed by atoms with van der Waals surface area (Å²) in [5, 5.41) is 9.27. The average molecular weight is 392 g/mol. The van der Waals surface area contributed by atoms with Crippen LogP contribution in [-0.2, 0) is 4.79 Å². The van der Waals surface area contributed by atoms with Gasteiger partial charge in [-0.05, 0) is 43.5 Å². The molecule has 1 fully saturated rings. The number of rotatable bonds is 4. The minimum Gasteiger partial charge on any atom is -0.342 e. The Morgan fingerprint density at radius 3 is 2.43 bits per heavy atom. The molecule has 0 aliphatic carbocycles. The van der Waals surface area contributed by atoms with Crippen LogP contribution in [0.3, 0.4) is 0 Å². The zero-order chi connectivity index (χ0) is 16.1. The lowest BCUT2D eigenvalue weighted by molar-refractivity contribution is -0.129. The van der Waals surface area contributed by atoms with Gasteiger partial charge in [-0.2, -0.15) is 0 Å². The van der Waals surface area contributed by atoms with Gasteiger partial charge in [-0.15, -0.1) is 10.2 Å². The fraction of sp³-hybridized carbons (Fsp3) is 0.353. The minimum absolute atomic E-state index is 0.202. The minimum atomic E-state index is 0.202. The summed E-state index contributed by atoms with van der Waals surface area (Å²) in [5.74, 6) is 0.639. The molecule has 0 spiro atoms. The lowest BCUT2D eigenvalue weighted by Crippen LogP contribution is -2.36. The summed E-state index contributed by atoms with van der Waals surface area (Å²) in [6, 6.07) is 11.8. The third kappa shape index (κ3) is 4.54. The molecule has 4 nitrogen and oxygen atoms in total. The first-order valence-electron chi connectivity index (χ1n) is 7.72. The number of likely N-dealkylation sites (tertiary alicyclic amines) is 1. The third-order valence-corrected chi connectivity index (χ3v) is 5.27. The van der Waals surface area contributed by atoms with Gasteiger partial charge < -0.3 is 4.90 Å². The second-order valence-electron chi connectivity index (χ2n) is 5.49. The van der Waals surface area contributed by atoms with E-state index in [2.05, 4.69) is 26.1 Å². The first-order chi connectivity index (χ1) is 11.2. The van der Waals surface area contributed by atoms with E-state index in [9.17, 15) is 4.79 Å². The molecule has 0 saturated carbocycles. The van der Waals surface area contributed by atoms with E-state index in [4.69, 9.17) is 0 Å². The molecular formula is C17H18BrN3OS. The molecule has 1 amide bonds. The first kappa shape index (κ1) is 16.5. The highest BCUT2D eigenvalue weighted by atomic mass is 79.9. The summed E-state index contributed by atoms with van der Waals surface area (Å²) in [6.45, 7) is 1.79. The fourth-order valence-electron chi connectivity index (χ4n) is 2.54. The molecule has 1 aromatic carbocycles. The monoisotopic (exact) mass is 391 g/mol. The molecule has 0 unspecified atom stereocenters. The van der Waals surface area contributed by atoms with Crippen LogP contribution >= 0.6 is 27.7 Å². The van der Waals surface area contributed by atoms with Gasteiger partial charge in [0.2, 0.25) is 5.91 Å². The molecule has 3 rings (SSSR count). The summed E-state index contributed by atoms with van der Waals surface area (Å²) in [6.07, 6.45) is 3.48. The van der Waals surface area contributed by atoms with E-state index in [1.807, 2.05) is 41.3 Å². The Morgan fingerprint density at radius 1 is 1.04 bits per heavy atom. The van der Waals surface area contributed by atoms with Gasteiger partial charge in [-0.3, -0.25) is 4.79 Å². The summed E-state index contributed by atoms with van der Waals surface area (Å²) >= 11 is 4.88. The predicted octanol–water partition coefficient (Wildman–Crippen LogP) is 4.01. The van der Waals surface area contributed by atoms with Crippen molar-refractivity contribution in [3.8, 4) is 11.3 Å². The number of hydrogen-bond donors (Lipinski definition) is 0. The smallest absolute Gasteiger partial charge is 0.232 e. The average Bonchev–Trinajstić information content (AvgIpc) is 2.61. The Morgan fingerprint density at radius 2 is 1.78 bits per heavy atom. The molecule has 23 heavy (non-hydrogen) atoms.